The molecule has 1 atom stereocenters. The number of nitrogens with zero attached hydrogens (tertiary/aromatic N) is 3. The highest BCUT2D eigenvalue weighted by molar-refractivity contribution is 8.00. The molecule has 5 nitrogen and oxygen atoms in total. The van der Waals surface area contributed by atoms with Crippen molar-refractivity contribution in [2.45, 2.75) is 37.7 Å². The molecule has 0 bridgehead atoms. The molecule has 0 radical (unpaired) electrons. The molecule has 162 valence electrons. The number of furan rings is 1. The Morgan fingerprint density at radius 2 is 1.69 bits per heavy atom. The average Bonchev–Trinajstić information content (AvgIpc) is 3.38. The van der Waals surface area contributed by atoms with E-state index in [0.717, 1.165) is 28.0 Å². The van der Waals surface area contributed by atoms with Gasteiger partial charge in [0.25, 0.3) is 0 Å². The van der Waals surface area contributed by atoms with Gasteiger partial charge in [0, 0.05) is 12.1 Å². The topological polar surface area (TPSA) is 60.9 Å². The molecule has 2 aromatic heterocycles. The molecule has 0 N–H and O–H groups in total. The fourth-order valence-electron chi connectivity index (χ4n) is 3.47. The van der Waals surface area contributed by atoms with Gasteiger partial charge in [0.1, 0.15) is 11.0 Å². The summed E-state index contributed by atoms with van der Waals surface area (Å²) in [6, 6.07) is 17.6. The second kappa shape index (κ2) is 9.40. The summed E-state index contributed by atoms with van der Waals surface area (Å²) in [5, 5.41) is 9.06. The van der Waals surface area contributed by atoms with E-state index in [2.05, 4.69) is 16.8 Å². The number of ketones is 1. The van der Waals surface area contributed by atoms with Crippen LogP contribution in [0.3, 0.4) is 0 Å². The lowest BCUT2D eigenvalue weighted by molar-refractivity contribution is 0.0989. The molecular weight excluding hydrogens is 418 g/mol. The number of carbonyl (C=O) groups is 1. The summed E-state index contributed by atoms with van der Waals surface area (Å²) in [6.07, 6.45) is 3.44. The van der Waals surface area contributed by atoms with Gasteiger partial charge in [0.05, 0.1) is 11.8 Å². The molecule has 2 heterocycles. The van der Waals surface area contributed by atoms with Crippen molar-refractivity contribution in [1.29, 1.82) is 0 Å². The van der Waals surface area contributed by atoms with E-state index >= 15 is 0 Å². The van der Waals surface area contributed by atoms with Gasteiger partial charge in [0.15, 0.2) is 16.8 Å². The molecule has 32 heavy (non-hydrogen) atoms. The first-order valence-electron chi connectivity index (χ1n) is 10.4. The van der Waals surface area contributed by atoms with Crippen molar-refractivity contribution in [3.63, 3.8) is 0 Å². The maximum absolute atomic E-state index is 13.6. The lowest BCUT2D eigenvalue weighted by atomic mass is 10.0. The Hall–Kier alpha value is -3.38. The highest BCUT2D eigenvalue weighted by Gasteiger charge is 2.27. The van der Waals surface area contributed by atoms with Crippen LogP contribution in [0, 0.1) is 20.8 Å². The summed E-state index contributed by atoms with van der Waals surface area (Å²) in [7, 11) is 0. The Labute approximate surface area is 192 Å². The van der Waals surface area contributed by atoms with Gasteiger partial charge in [-0.3, -0.25) is 9.36 Å². The Balaban J connectivity index is 1.76. The molecule has 0 spiro atoms. The van der Waals surface area contributed by atoms with Crippen LogP contribution in [0.25, 0.3) is 11.4 Å². The molecule has 4 aromatic rings. The minimum absolute atomic E-state index is 0.0352. The molecule has 0 amide bonds. The zero-order valence-electron chi connectivity index (χ0n) is 18.4. The Bertz CT molecular complexity index is 1240. The molecule has 6 heteroatoms. The third-order valence-corrected chi connectivity index (χ3v) is 6.54. The summed E-state index contributed by atoms with van der Waals surface area (Å²) in [4.78, 5) is 13.6. The summed E-state index contributed by atoms with van der Waals surface area (Å²) in [6.45, 7) is 10.3. The van der Waals surface area contributed by atoms with Gasteiger partial charge in [0.2, 0.25) is 0 Å². The van der Waals surface area contributed by atoms with Crippen LogP contribution in [0.5, 0.6) is 0 Å². The van der Waals surface area contributed by atoms with Crippen LogP contribution in [0.15, 0.2) is 83.1 Å². The summed E-state index contributed by atoms with van der Waals surface area (Å²) < 4.78 is 7.43. The summed E-state index contributed by atoms with van der Waals surface area (Å²) in [5.41, 5.74) is 4.75. The van der Waals surface area contributed by atoms with Crippen molar-refractivity contribution >= 4 is 17.5 Å². The zero-order chi connectivity index (χ0) is 22.7. The Morgan fingerprint density at radius 1 is 1.03 bits per heavy atom. The molecule has 0 fully saturated rings. The van der Waals surface area contributed by atoms with E-state index in [4.69, 9.17) is 4.42 Å². The van der Waals surface area contributed by atoms with Crippen molar-refractivity contribution in [2.75, 3.05) is 0 Å². The zero-order valence-corrected chi connectivity index (χ0v) is 19.2. The number of aryl methyl sites for hydroxylation is 3. The van der Waals surface area contributed by atoms with E-state index in [1.165, 1.54) is 11.8 Å². The normalized spacial score (nSPS) is 12.0. The Kier molecular flexibility index (Phi) is 6.42. The third-order valence-electron chi connectivity index (χ3n) is 5.31. The minimum atomic E-state index is -0.454. The number of benzene rings is 2. The second-order valence-corrected chi connectivity index (χ2v) is 8.81. The van der Waals surface area contributed by atoms with Crippen molar-refractivity contribution in [2.24, 2.45) is 0 Å². The van der Waals surface area contributed by atoms with Crippen molar-refractivity contribution in [3.05, 3.63) is 102 Å². The lowest BCUT2D eigenvalue weighted by Crippen LogP contribution is -2.12. The van der Waals surface area contributed by atoms with E-state index in [0.29, 0.717) is 23.1 Å². The second-order valence-electron chi connectivity index (χ2n) is 7.73. The number of hydrogen-bond acceptors (Lipinski definition) is 5. The van der Waals surface area contributed by atoms with Crippen LogP contribution in [0.1, 0.15) is 38.1 Å². The smallest absolute Gasteiger partial charge is 0.192 e. The quantitative estimate of drug-likeness (QED) is 0.180. The highest BCUT2D eigenvalue weighted by atomic mass is 32.2. The van der Waals surface area contributed by atoms with Gasteiger partial charge >= 0.3 is 0 Å². The molecule has 4 rings (SSSR count). The number of Topliss-reactive ketones (excluding diaryl/α,β-unsaturated/α-hetero) is 1. The van der Waals surface area contributed by atoms with Gasteiger partial charge in [-0.05, 0) is 32.4 Å². The van der Waals surface area contributed by atoms with E-state index in [-0.39, 0.29) is 5.78 Å². The maximum atomic E-state index is 13.6. The third kappa shape index (κ3) is 4.46. The lowest BCUT2D eigenvalue weighted by Gasteiger charge is -2.17. The number of carbonyl (C=O) groups excluding carboxylic acids is 1. The van der Waals surface area contributed by atoms with Crippen LogP contribution >= 0.6 is 11.8 Å². The van der Waals surface area contributed by atoms with Gasteiger partial charge in [-0.25, -0.2) is 0 Å². The van der Waals surface area contributed by atoms with Crippen LogP contribution in [-0.4, -0.2) is 20.5 Å². The van der Waals surface area contributed by atoms with Crippen molar-refractivity contribution in [1.82, 2.24) is 14.8 Å². The van der Waals surface area contributed by atoms with E-state index in [1.807, 2.05) is 79.9 Å². The fraction of sp³-hybridized carbons (Fsp3) is 0.192. The monoisotopic (exact) mass is 443 g/mol. The first kappa shape index (κ1) is 21.8. The predicted molar refractivity (Wildman–Crippen MR) is 128 cm³/mol. The molecule has 1 unspecified atom stereocenters. The largest absolute Gasteiger partial charge is 0.469 e. The van der Waals surface area contributed by atoms with E-state index < -0.39 is 5.25 Å². The van der Waals surface area contributed by atoms with Gasteiger partial charge in [-0.2, -0.15) is 0 Å². The van der Waals surface area contributed by atoms with E-state index in [9.17, 15) is 4.79 Å². The molecule has 0 saturated heterocycles. The first-order chi connectivity index (χ1) is 15.5. The van der Waals surface area contributed by atoms with Crippen molar-refractivity contribution < 1.29 is 9.21 Å². The predicted octanol–water partition coefficient (Wildman–Crippen LogP) is 6.37. The highest BCUT2D eigenvalue weighted by Crippen LogP contribution is 2.39. The van der Waals surface area contributed by atoms with Gasteiger partial charge in [-0.1, -0.05) is 77.5 Å². The number of thioether (sulfide) groups is 1. The average molecular weight is 444 g/mol. The van der Waals surface area contributed by atoms with Crippen LogP contribution in [0.2, 0.25) is 0 Å². The standard InChI is InChI=1S/C26H25N3O2S/c1-5-15-29-25(22-14-16-31-19(22)4)27-28-26(29)32-24(21-12-8-18(3)9-13-21)23(30)20-10-6-17(2)7-11-20/h5-14,16,24H,1,15H2,2-4H3. The molecule has 2 aromatic carbocycles. The molecule has 0 aliphatic heterocycles. The molecule has 0 saturated carbocycles. The van der Waals surface area contributed by atoms with Crippen LogP contribution in [0.4, 0.5) is 0 Å². The van der Waals surface area contributed by atoms with Crippen LogP contribution in [-0.2, 0) is 6.54 Å². The Morgan fingerprint density at radius 3 is 2.28 bits per heavy atom. The summed E-state index contributed by atoms with van der Waals surface area (Å²) >= 11 is 1.41. The van der Waals surface area contributed by atoms with Gasteiger partial charge in [-0.15, -0.1) is 16.8 Å². The number of hydrogen-bond donors (Lipinski definition) is 0. The van der Waals surface area contributed by atoms with Gasteiger partial charge < -0.3 is 4.42 Å². The van der Waals surface area contributed by atoms with E-state index in [1.54, 1.807) is 12.3 Å². The number of allylic oxidation sites excluding steroid dienone is 1. The van der Waals surface area contributed by atoms with Crippen molar-refractivity contribution in [3.8, 4) is 11.4 Å². The summed E-state index contributed by atoms with van der Waals surface area (Å²) in [5.74, 6) is 1.50. The SMILES string of the molecule is C=CCn1c(SC(C(=O)c2ccc(C)cc2)c2ccc(C)cc2)nnc1-c1ccoc1C. The molecule has 0 aliphatic carbocycles. The fourth-order valence-corrected chi connectivity index (χ4v) is 4.60. The molecular formula is C26H25N3O2S. The number of aromatic nitrogens is 3. The maximum Gasteiger partial charge on any atom is 0.192 e. The first-order valence-corrected chi connectivity index (χ1v) is 11.3. The molecule has 0 aliphatic rings. The van der Waals surface area contributed by atoms with Crippen LogP contribution < -0.4 is 0 Å². The minimum Gasteiger partial charge on any atom is -0.469 e. The number of rotatable bonds is 8.